The van der Waals surface area contributed by atoms with Crippen molar-refractivity contribution in [3.63, 3.8) is 0 Å². The lowest BCUT2D eigenvalue weighted by atomic mass is 10.4. The minimum atomic E-state index is -0.511. The highest BCUT2D eigenvalue weighted by molar-refractivity contribution is 6.66. The van der Waals surface area contributed by atoms with Gasteiger partial charge < -0.3 is 0 Å². The first-order valence-electron chi connectivity index (χ1n) is 2.92. The lowest BCUT2D eigenvalue weighted by molar-refractivity contribution is -0.107. The molecule has 0 N–H and O–H groups in total. The molecular formula is C7H5ClN2O. The summed E-state index contributed by atoms with van der Waals surface area (Å²) in [6.07, 6.45) is 5.75. The first kappa shape index (κ1) is 7.88. The number of carbonyl (C=O) groups is 1. The summed E-state index contributed by atoms with van der Waals surface area (Å²) in [6.45, 7) is 0. The SMILES string of the molecule is O=C(Cl)/C=C/c1ccncn1. The first-order chi connectivity index (χ1) is 5.29. The molecule has 1 heterocycles. The van der Waals surface area contributed by atoms with Gasteiger partial charge in [0.25, 0.3) is 0 Å². The van der Waals surface area contributed by atoms with Gasteiger partial charge >= 0.3 is 0 Å². The Morgan fingerprint density at radius 1 is 1.64 bits per heavy atom. The molecule has 0 aliphatic carbocycles. The molecule has 0 fully saturated rings. The summed E-state index contributed by atoms with van der Waals surface area (Å²) in [7, 11) is 0. The third-order valence-electron chi connectivity index (χ3n) is 0.990. The number of allylic oxidation sites excluding steroid dienone is 1. The fourth-order valence-electron chi connectivity index (χ4n) is 0.550. The number of hydrogen-bond donors (Lipinski definition) is 0. The Morgan fingerprint density at radius 2 is 2.45 bits per heavy atom. The van der Waals surface area contributed by atoms with Crippen molar-refractivity contribution >= 4 is 22.9 Å². The highest BCUT2D eigenvalue weighted by atomic mass is 35.5. The van der Waals surface area contributed by atoms with Crippen LogP contribution in [0.5, 0.6) is 0 Å². The van der Waals surface area contributed by atoms with Crippen molar-refractivity contribution in [2.45, 2.75) is 0 Å². The Labute approximate surface area is 68.7 Å². The number of hydrogen-bond acceptors (Lipinski definition) is 3. The summed E-state index contributed by atoms with van der Waals surface area (Å²) in [5, 5.41) is -0.511. The predicted octanol–water partition coefficient (Wildman–Crippen LogP) is 1.26. The van der Waals surface area contributed by atoms with Crippen molar-refractivity contribution in [3.8, 4) is 0 Å². The van der Waals surface area contributed by atoms with Gasteiger partial charge in [0.1, 0.15) is 6.33 Å². The normalized spacial score (nSPS) is 10.3. The molecule has 1 aromatic heterocycles. The van der Waals surface area contributed by atoms with Crippen LogP contribution in [0.1, 0.15) is 5.69 Å². The zero-order valence-electron chi connectivity index (χ0n) is 5.57. The molecule has 0 atom stereocenters. The van der Waals surface area contributed by atoms with Crippen LogP contribution in [0.4, 0.5) is 0 Å². The van der Waals surface area contributed by atoms with Gasteiger partial charge in [-0.3, -0.25) is 4.79 Å². The van der Waals surface area contributed by atoms with E-state index in [0.717, 1.165) is 0 Å². The summed E-state index contributed by atoms with van der Waals surface area (Å²) in [4.78, 5) is 17.8. The Balaban J connectivity index is 2.72. The molecule has 0 spiro atoms. The maximum atomic E-state index is 10.3. The van der Waals surface area contributed by atoms with Crippen molar-refractivity contribution < 1.29 is 4.79 Å². The van der Waals surface area contributed by atoms with E-state index < -0.39 is 5.24 Å². The van der Waals surface area contributed by atoms with Gasteiger partial charge in [0.05, 0.1) is 5.69 Å². The molecule has 0 radical (unpaired) electrons. The van der Waals surface area contributed by atoms with E-state index >= 15 is 0 Å². The number of aromatic nitrogens is 2. The molecule has 0 amide bonds. The lowest BCUT2D eigenvalue weighted by Gasteiger charge is -1.86. The molecular weight excluding hydrogens is 164 g/mol. The van der Waals surface area contributed by atoms with Crippen LogP contribution in [0, 0.1) is 0 Å². The van der Waals surface area contributed by atoms with Gasteiger partial charge in [0, 0.05) is 6.20 Å². The molecule has 0 aliphatic heterocycles. The monoisotopic (exact) mass is 168 g/mol. The molecule has 56 valence electrons. The Morgan fingerprint density at radius 3 is 3.00 bits per heavy atom. The van der Waals surface area contributed by atoms with Gasteiger partial charge in [0.2, 0.25) is 5.24 Å². The van der Waals surface area contributed by atoms with Gasteiger partial charge in [-0.1, -0.05) is 0 Å². The molecule has 4 heteroatoms. The quantitative estimate of drug-likeness (QED) is 0.493. The molecule has 11 heavy (non-hydrogen) atoms. The highest BCUT2D eigenvalue weighted by Gasteiger charge is 1.87. The van der Waals surface area contributed by atoms with Gasteiger partial charge in [-0.15, -0.1) is 0 Å². The third-order valence-corrected chi connectivity index (χ3v) is 1.12. The van der Waals surface area contributed by atoms with Crippen molar-refractivity contribution in [3.05, 3.63) is 30.4 Å². The lowest BCUT2D eigenvalue weighted by Crippen LogP contribution is -1.81. The second-order valence-electron chi connectivity index (χ2n) is 1.77. The molecule has 0 aliphatic rings. The van der Waals surface area contributed by atoms with Crippen LogP contribution >= 0.6 is 11.6 Å². The van der Waals surface area contributed by atoms with Crippen molar-refractivity contribution in [2.75, 3.05) is 0 Å². The zero-order valence-corrected chi connectivity index (χ0v) is 6.32. The van der Waals surface area contributed by atoms with Crippen LogP contribution < -0.4 is 0 Å². The molecule has 0 aromatic carbocycles. The van der Waals surface area contributed by atoms with Crippen LogP contribution in [0.25, 0.3) is 6.08 Å². The summed E-state index contributed by atoms with van der Waals surface area (Å²) >= 11 is 5.06. The maximum Gasteiger partial charge on any atom is 0.245 e. The summed E-state index contributed by atoms with van der Waals surface area (Å²) in [5.74, 6) is 0. The molecule has 0 unspecified atom stereocenters. The average Bonchev–Trinajstić information content (AvgIpc) is 2.03. The number of rotatable bonds is 2. The maximum absolute atomic E-state index is 10.3. The molecule has 0 bridgehead atoms. The van der Waals surface area contributed by atoms with E-state index in [1.807, 2.05) is 0 Å². The fraction of sp³-hybridized carbons (Fsp3) is 0. The van der Waals surface area contributed by atoms with Gasteiger partial charge in [0.15, 0.2) is 0 Å². The Hall–Kier alpha value is -1.22. The minimum Gasteiger partial charge on any atom is -0.276 e. The second-order valence-corrected chi connectivity index (χ2v) is 2.14. The van der Waals surface area contributed by atoms with E-state index in [1.54, 1.807) is 12.3 Å². The van der Waals surface area contributed by atoms with Crippen LogP contribution in [-0.4, -0.2) is 15.2 Å². The fourth-order valence-corrected chi connectivity index (χ4v) is 0.613. The van der Waals surface area contributed by atoms with Crippen molar-refractivity contribution in [1.82, 2.24) is 9.97 Å². The van der Waals surface area contributed by atoms with Crippen molar-refractivity contribution in [2.24, 2.45) is 0 Å². The summed E-state index contributed by atoms with van der Waals surface area (Å²) in [6, 6.07) is 1.68. The second kappa shape index (κ2) is 3.83. The average molecular weight is 169 g/mol. The van der Waals surface area contributed by atoms with Gasteiger partial charge in [-0.05, 0) is 29.8 Å². The van der Waals surface area contributed by atoms with Crippen LogP contribution in [0.2, 0.25) is 0 Å². The number of halogens is 1. The largest absolute Gasteiger partial charge is 0.276 e. The van der Waals surface area contributed by atoms with E-state index in [2.05, 4.69) is 9.97 Å². The third kappa shape index (κ3) is 2.91. The van der Waals surface area contributed by atoms with Crippen LogP contribution in [-0.2, 0) is 4.79 Å². The topological polar surface area (TPSA) is 42.9 Å². The molecule has 1 aromatic rings. The van der Waals surface area contributed by atoms with E-state index in [0.29, 0.717) is 5.69 Å². The smallest absolute Gasteiger partial charge is 0.245 e. The van der Waals surface area contributed by atoms with E-state index in [1.165, 1.54) is 18.5 Å². The summed E-state index contributed by atoms with van der Waals surface area (Å²) in [5.41, 5.74) is 0.661. The number of nitrogens with zero attached hydrogens (tertiary/aromatic N) is 2. The predicted molar refractivity (Wildman–Crippen MR) is 41.9 cm³/mol. The van der Waals surface area contributed by atoms with Gasteiger partial charge in [-0.2, -0.15) is 0 Å². The van der Waals surface area contributed by atoms with E-state index in [-0.39, 0.29) is 0 Å². The highest BCUT2D eigenvalue weighted by Crippen LogP contribution is 1.95. The molecule has 0 saturated heterocycles. The number of carbonyl (C=O) groups excluding carboxylic acids is 1. The first-order valence-corrected chi connectivity index (χ1v) is 3.30. The molecule has 1 rings (SSSR count). The standard InChI is InChI=1S/C7H5ClN2O/c8-7(11)2-1-6-3-4-9-5-10-6/h1-5H/b2-1+. The minimum absolute atomic E-state index is 0.511. The molecule has 3 nitrogen and oxygen atoms in total. The van der Waals surface area contributed by atoms with Crippen LogP contribution in [0.3, 0.4) is 0 Å². The van der Waals surface area contributed by atoms with Gasteiger partial charge in [-0.25, -0.2) is 9.97 Å². The van der Waals surface area contributed by atoms with Crippen molar-refractivity contribution in [1.29, 1.82) is 0 Å². The van der Waals surface area contributed by atoms with E-state index in [9.17, 15) is 4.79 Å². The Kier molecular flexibility index (Phi) is 2.74. The zero-order chi connectivity index (χ0) is 8.10. The Bertz CT molecular complexity index is 271. The summed E-state index contributed by atoms with van der Waals surface area (Å²) < 4.78 is 0. The van der Waals surface area contributed by atoms with E-state index in [4.69, 9.17) is 11.6 Å². The molecule has 0 saturated carbocycles. The van der Waals surface area contributed by atoms with Crippen LogP contribution in [0.15, 0.2) is 24.7 Å².